The van der Waals surface area contributed by atoms with Crippen LogP contribution in [0.5, 0.6) is 0 Å². The molecule has 1 aromatic rings. The number of halogens is 1. The number of ether oxygens (including phenoxy) is 1. The molecule has 7 nitrogen and oxygen atoms in total. The molecule has 0 atom stereocenters. The van der Waals surface area contributed by atoms with Gasteiger partial charge in [-0.2, -0.15) is 0 Å². The third-order valence-corrected chi connectivity index (χ3v) is 6.16. The van der Waals surface area contributed by atoms with Crippen LogP contribution in [-0.4, -0.2) is 77.7 Å². The van der Waals surface area contributed by atoms with E-state index < -0.39 is 5.60 Å². The highest BCUT2D eigenvalue weighted by Crippen LogP contribution is 2.31. The number of hydrogen-bond donors (Lipinski definition) is 1. The topological polar surface area (TPSA) is 76.1 Å². The minimum absolute atomic E-state index is 0.202. The van der Waals surface area contributed by atoms with Gasteiger partial charge in [0.25, 0.3) is 0 Å². The van der Waals surface area contributed by atoms with Crippen LogP contribution in [0.25, 0.3) is 0 Å². The zero-order valence-electron chi connectivity index (χ0n) is 19.2. The van der Waals surface area contributed by atoms with Crippen LogP contribution in [-0.2, 0) is 4.74 Å². The number of amidine groups is 1. The van der Waals surface area contributed by atoms with Crippen molar-refractivity contribution in [2.45, 2.75) is 45.1 Å². The predicted octanol–water partition coefficient (Wildman–Crippen LogP) is 2.57. The molecule has 0 unspecified atom stereocenters. The van der Waals surface area contributed by atoms with E-state index in [0.29, 0.717) is 25.3 Å². The molecule has 32 heavy (non-hydrogen) atoms. The molecular weight excluding hydrogens is 409 g/mol. The minimum Gasteiger partial charge on any atom is -0.444 e. The average molecular weight is 443 g/mol. The number of amides is 1. The fourth-order valence-corrected chi connectivity index (χ4v) is 4.53. The summed E-state index contributed by atoms with van der Waals surface area (Å²) in [5.41, 5.74) is 7.48. The van der Waals surface area contributed by atoms with Crippen LogP contribution in [0.2, 0.25) is 0 Å². The first-order chi connectivity index (χ1) is 15.2. The van der Waals surface area contributed by atoms with Crippen molar-refractivity contribution in [3.05, 3.63) is 41.4 Å². The Balaban J connectivity index is 1.32. The molecule has 1 amide bonds. The summed E-state index contributed by atoms with van der Waals surface area (Å²) in [6.45, 7) is 9.99. The Morgan fingerprint density at radius 2 is 1.97 bits per heavy atom. The molecule has 2 fully saturated rings. The molecule has 3 aliphatic heterocycles. The summed E-state index contributed by atoms with van der Waals surface area (Å²) in [6.07, 6.45) is 5.32. The van der Waals surface area contributed by atoms with E-state index in [1.807, 2.05) is 39.1 Å². The first-order valence-corrected chi connectivity index (χ1v) is 11.3. The molecular formula is C24H33FN5O2+. The normalized spacial score (nSPS) is 20.0. The summed E-state index contributed by atoms with van der Waals surface area (Å²) in [5, 5.41) is 0. The average Bonchev–Trinajstić information content (AvgIpc) is 2.73. The van der Waals surface area contributed by atoms with Gasteiger partial charge in [0.2, 0.25) is 0 Å². The lowest BCUT2D eigenvalue weighted by Crippen LogP contribution is -2.54. The maximum Gasteiger partial charge on any atom is 0.410 e. The Morgan fingerprint density at radius 3 is 2.66 bits per heavy atom. The lowest BCUT2D eigenvalue weighted by Gasteiger charge is -2.36. The van der Waals surface area contributed by atoms with Crippen LogP contribution in [0.4, 0.5) is 14.9 Å². The summed E-state index contributed by atoms with van der Waals surface area (Å²) >= 11 is 0. The van der Waals surface area contributed by atoms with Crippen molar-refractivity contribution >= 4 is 23.8 Å². The van der Waals surface area contributed by atoms with Crippen molar-refractivity contribution in [1.29, 1.82) is 0 Å². The molecule has 1 aromatic carbocycles. The summed E-state index contributed by atoms with van der Waals surface area (Å²) in [6, 6.07) is 5.02. The first kappa shape index (κ1) is 22.4. The van der Waals surface area contributed by atoms with Gasteiger partial charge in [-0.25, -0.2) is 18.8 Å². The smallest absolute Gasteiger partial charge is 0.410 e. The Bertz CT molecular complexity index is 969. The van der Waals surface area contributed by atoms with Gasteiger partial charge in [-0.05, 0) is 70.3 Å². The lowest BCUT2D eigenvalue weighted by molar-refractivity contribution is 0.0221. The number of nitrogens with zero attached hydrogens (tertiary/aromatic N) is 4. The minimum atomic E-state index is -0.505. The molecule has 0 radical (unpaired) electrons. The van der Waals surface area contributed by atoms with Crippen molar-refractivity contribution in [3.8, 4) is 0 Å². The highest BCUT2D eigenvalue weighted by Gasteiger charge is 2.37. The maximum atomic E-state index is 14.3. The Hall–Kier alpha value is -2.83. The van der Waals surface area contributed by atoms with Crippen molar-refractivity contribution < 1.29 is 13.9 Å². The molecule has 4 rings (SSSR count). The number of hydrogen-bond acceptors (Lipinski definition) is 5. The first-order valence-electron chi connectivity index (χ1n) is 11.3. The van der Waals surface area contributed by atoms with Gasteiger partial charge in [-0.15, -0.1) is 0 Å². The fourth-order valence-electron chi connectivity index (χ4n) is 4.53. The Morgan fingerprint density at radius 1 is 1.22 bits per heavy atom. The maximum absolute atomic E-state index is 14.3. The van der Waals surface area contributed by atoms with E-state index >= 15 is 0 Å². The molecule has 0 saturated carbocycles. The van der Waals surface area contributed by atoms with Gasteiger partial charge in [0.1, 0.15) is 30.2 Å². The number of likely N-dealkylation sites (tertiary alicyclic amines) is 1. The lowest BCUT2D eigenvalue weighted by atomic mass is 9.89. The summed E-state index contributed by atoms with van der Waals surface area (Å²) < 4.78 is 24.5. The number of fused-ring (bicyclic) bond motifs is 1. The number of allylic oxidation sites excluding steroid dienone is 1. The van der Waals surface area contributed by atoms with Crippen LogP contribution in [0.15, 0.2) is 30.0 Å². The second-order valence-electron chi connectivity index (χ2n) is 9.74. The number of benzene rings is 1. The predicted molar refractivity (Wildman–Crippen MR) is 125 cm³/mol. The van der Waals surface area contributed by atoms with Gasteiger partial charge in [-0.1, -0.05) is 6.07 Å². The van der Waals surface area contributed by atoms with E-state index in [4.69, 9.17) is 10.5 Å². The quantitative estimate of drug-likeness (QED) is 0.575. The number of piperazine rings is 1. The molecule has 2 saturated heterocycles. The Kier molecular flexibility index (Phi) is 6.26. The standard InChI is InChI=1S/C24H33FN5O2/c1-24(2,3)32-23(31)29-12-13-30-19(15-29)6-9-27-22(30)16-28-10-7-17(8-11-28)20-5-4-18(26)14-21(20)25/h4-6,9,14,17H,7-8,10-13,15-16,26H2,1-3H3/q+1. The van der Waals surface area contributed by atoms with E-state index in [1.165, 1.54) is 6.07 Å². The molecule has 0 aliphatic carbocycles. The van der Waals surface area contributed by atoms with Gasteiger partial charge in [-0.3, -0.25) is 9.80 Å². The number of nitrogen functional groups attached to an aromatic ring is 1. The van der Waals surface area contributed by atoms with Crippen LogP contribution in [0, 0.1) is 5.82 Å². The van der Waals surface area contributed by atoms with Crippen LogP contribution >= 0.6 is 0 Å². The summed E-state index contributed by atoms with van der Waals surface area (Å²) in [4.78, 5) is 18.8. The van der Waals surface area contributed by atoms with Gasteiger partial charge in [0, 0.05) is 11.8 Å². The molecule has 172 valence electrons. The molecule has 0 aromatic heterocycles. The monoisotopic (exact) mass is 442 g/mol. The number of carbonyl (C=O) groups is 1. The number of piperidine rings is 1. The molecule has 3 aliphatic rings. The number of anilines is 1. The molecule has 3 heterocycles. The van der Waals surface area contributed by atoms with Crippen molar-refractivity contribution in [2.24, 2.45) is 0 Å². The van der Waals surface area contributed by atoms with E-state index in [2.05, 4.69) is 14.5 Å². The van der Waals surface area contributed by atoms with Gasteiger partial charge in [0.15, 0.2) is 6.21 Å². The summed E-state index contributed by atoms with van der Waals surface area (Å²) in [5.74, 6) is 1.02. The fraction of sp³-hybridized carbons (Fsp3) is 0.542. The third kappa shape index (κ3) is 5.14. The highest BCUT2D eigenvalue weighted by atomic mass is 19.1. The molecule has 0 spiro atoms. The Labute approximate surface area is 189 Å². The van der Waals surface area contributed by atoms with Crippen molar-refractivity contribution in [2.75, 3.05) is 45.0 Å². The van der Waals surface area contributed by atoms with Crippen LogP contribution < -0.4 is 10.4 Å². The number of rotatable bonds is 3. The zero-order valence-corrected chi connectivity index (χ0v) is 19.2. The van der Waals surface area contributed by atoms with E-state index in [1.54, 1.807) is 11.0 Å². The van der Waals surface area contributed by atoms with Crippen molar-refractivity contribution in [3.63, 3.8) is 0 Å². The molecule has 0 bridgehead atoms. The molecule has 8 heteroatoms. The third-order valence-electron chi connectivity index (χ3n) is 6.16. The van der Waals surface area contributed by atoms with Gasteiger partial charge < -0.3 is 10.5 Å². The SMILES string of the molecule is CC(C)(C)OC(=O)N1CCN2C(=CC=[N+]=C2CN2CCC(c3ccc(N)cc3F)CC2)C1. The van der Waals surface area contributed by atoms with E-state index in [0.717, 1.165) is 49.6 Å². The van der Waals surface area contributed by atoms with E-state index in [9.17, 15) is 9.18 Å². The zero-order chi connectivity index (χ0) is 22.9. The second-order valence-corrected chi connectivity index (χ2v) is 9.74. The number of nitrogens with two attached hydrogens (primary N) is 1. The van der Waals surface area contributed by atoms with Crippen LogP contribution in [0.1, 0.15) is 45.1 Å². The largest absolute Gasteiger partial charge is 0.444 e. The number of carbonyl (C=O) groups excluding carboxylic acids is 1. The van der Waals surface area contributed by atoms with E-state index in [-0.39, 0.29) is 17.8 Å². The van der Waals surface area contributed by atoms with Gasteiger partial charge >= 0.3 is 11.9 Å². The second kappa shape index (κ2) is 8.96. The summed E-state index contributed by atoms with van der Waals surface area (Å²) in [7, 11) is 0. The highest BCUT2D eigenvalue weighted by molar-refractivity contribution is 5.92. The van der Waals surface area contributed by atoms with Crippen molar-refractivity contribution in [1.82, 2.24) is 19.4 Å². The van der Waals surface area contributed by atoms with Crippen LogP contribution in [0.3, 0.4) is 0 Å². The van der Waals surface area contributed by atoms with Gasteiger partial charge in [0.05, 0.1) is 13.1 Å². The molecule has 2 N–H and O–H groups in total.